The zero-order valence-corrected chi connectivity index (χ0v) is 12.6. The molecule has 1 N–H and O–H groups in total. The molecule has 1 aliphatic carbocycles. The molecule has 0 saturated heterocycles. The molecule has 1 saturated carbocycles. The first kappa shape index (κ1) is 15.0. The number of benzene rings is 1. The van der Waals surface area contributed by atoms with Gasteiger partial charge in [0.1, 0.15) is 5.69 Å². The minimum absolute atomic E-state index is 0.0435. The Morgan fingerprint density at radius 2 is 2.30 bits per heavy atom. The van der Waals surface area contributed by atoms with Crippen molar-refractivity contribution in [1.29, 1.82) is 0 Å². The van der Waals surface area contributed by atoms with Gasteiger partial charge in [0.2, 0.25) is 0 Å². The standard InChI is InChI=1S/C14H20N2O3S/c1-3-19-13-6-4-5-12(14(13)16(17)18)15-10-7-8-11(9-10)20-2/h4-6,10-11,15H,3,7-9H2,1-2H3. The molecule has 6 heteroatoms. The van der Waals surface area contributed by atoms with Crippen LogP contribution in [0.25, 0.3) is 0 Å². The Bertz CT molecular complexity index is 481. The molecular weight excluding hydrogens is 276 g/mol. The van der Waals surface area contributed by atoms with Crippen LogP contribution in [-0.4, -0.2) is 29.1 Å². The van der Waals surface area contributed by atoms with Gasteiger partial charge < -0.3 is 10.1 Å². The van der Waals surface area contributed by atoms with E-state index in [9.17, 15) is 10.1 Å². The first-order valence-electron chi connectivity index (χ1n) is 6.85. The second-order valence-electron chi connectivity index (χ2n) is 4.85. The normalized spacial score (nSPS) is 21.7. The van der Waals surface area contributed by atoms with Crippen LogP contribution in [0.5, 0.6) is 5.75 Å². The number of hydrogen-bond acceptors (Lipinski definition) is 5. The molecule has 0 spiro atoms. The van der Waals surface area contributed by atoms with Crippen molar-refractivity contribution in [3.63, 3.8) is 0 Å². The lowest BCUT2D eigenvalue weighted by Gasteiger charge is -2.15. The van der Waals surface area contributed by atoms with Crippen molar-refractivity contribution in [3.05, 3.63) is 28.3 Å². The Hall–Kier alpha value is -1.43. The highest BCUT2D eigenvalue weighted by Crippen LogP contribution is 2.37. The number of nitro benzene ring substituents is 1. The molecule has 5 nitrogen and oxygen atoms in total. The summed E-state index contributed by atoms with van der Waals surface area (Å²) in [5, 5.41) is 15.3. The third-order valence-corrected chi connectivity index (χ3v) is 4.65. The van der Waals surface area contributed by atoms with E-state index in [0.717, 1.165) is 19.3 Å². The lowest BCUT2D eigenvalue weighted by molar-refractivity contribution is -0.385. The second kappa shape index (κ2) is 6.83. The molecule has 0 heterocycles. The van der Waals surface area contributed by atoms with Gasteiger partial charge >= 0.3 is 5.69 Å². The van der Waals surface area contributed by atoms with Crippen LogP contribution in [0.4, 0.5) is 11.4 Å². The van der Waals surface area contributed by atoms with E-state index < -0.39 is 0 Å². The van der Waals surface area contributed by atoms with E-state index >= 15 is 0 Å². The number of anilines is 1. The van der Waals surface area contributed by atoms with Gasteiger partial charge in [-0.25, -0.2) is 0 Å². The minimum atomic E-state index is -0.367. The highest BCUT2D eigenvalue weighted by atomic mass is 32.2. The second-order valence-corrected chi connectivity index (χ2v) is 5.99. The lowest BCUT2D eigenvalue weighted by atomic mass is 10.2. The summed E-state index contributed by atoms with van der Waals surface area (Å²) in [7, 11) is 0. The molecule has 110 valence electrons. The van der Waals surface area contributed by atoms with Gasteiger partial charge in [0, 0.05) is 11.3 Å². The molecule has 0 aliphatic heterocycles. The monoisotopic (exact) mass is 296 g/mol. The number of para-hydroxylation sites is 1. The largest absolute Gasteiger partial charge is 0.487 e. The van der Waals surface area contributed by atoms with E-state index in [4.69, 9.17) is 4.74 Å². The average Bonchev–Trinajstić information content (AvgIpc) is 2.86. The predicted octanol–water partition coefficient (Wildman–Crippen LogP) is 3.69. The SMILES string of the molecule is CCOc1cccc(NC2CCC(SC)C2)c1[N+](=O)[O-]. The summed E-state index contributed by atoms with van der Waals surface area (Å²) >= 11 is 1.87. The topological polar surface area (TPSA) is 64.4 Å². The Morgan fingerprint density at radius 3 is 2.90 bits per heavy atom. The molecule has 2 rings (SSSR count). The van der Waals surface area contributed by atoms with Crippen molar-refractivity contribution in [2.45, 2.75) is 37.5 Å². The molecule has 1 aromatic carbocycles. The quantitative estimate of drug-likeness (QED) is 0.640. The summed E-state index contributed by atoms with van der Waals surface area (Å²) in [6.45, 7) is 2.24. The van der Waals surface area contributed by atoms with Crippen LogP contribution in [0, 0.1) is 10.1 Å². The Morgan fingerprint density at radius 1 is 1.50 bits per heavy atom. The van der Waals surface area contributed by atoms with Crippen LogP contribution in [0.3, 0.4) is 0 Å². The summed E-state index contributed by atoms with van der Waals surface area (Å²) in [6.07, 6.45) is 5.39. The number of thioether (sulfide) groups is 1. The van der Waals surface area contributed by atoms with E-state index in [1.54, 1.807) is 18.2 Å². The first-order valence-corrected chi connectivity index (χ1v) is 8.14. The highest BCUT2D eigenvalue weighted by molar-refractivity contribution is 7.99. The molecular formula is C14H20N2O3S. The van der Waals surface area contributed by atoms with Crippen LogP contribution in [0.15, 0.2) is 18.2 Å². The van der Waals surface area contributed by atoms with Gasteiger partial charge in [-0.05, 0) is 44.6 Å². The van der Waals surface area contributed by atoms with Gasteiger partial charge in [-0.15, -0.1) is 0 Å². The number of hydrogen-bond donors (Lipinski definition) is 1. The first-order chi connectivity index (χ1) is 9.65. The van der Waals surface area contributed by atoms with E-state index in [1.165, 1.54) is 0 Å². The van der Waals surface area contributed by atoms with Crippen molar-refractivity contribution in [2.75, 3.05) is 18.2 Å². The Balaban J connectivity index is 2.18. The fraction of sp³-hybridized carbons (Fsp3) is 0.571. The van der Waals surface area contributed by atoms with Crippen molar-refractivity contribution < 1.29 is 9.66 Å². The van der Waals surface area contributed by atoms with E-state index in [-0.39, 0.29) is 10.6 Å². The van der Waals surface area contributed by atoms with Crippen molar-refractivity contribution in [3.8, 4) is 5.75 Å². The van der Waals surface area contributed by atoms with Crippen molar-refractivity contribution >= 4 is 23.1 Å². The molecule has 1 aliphatic rings. The van der Waals surface area contributed by atoms with Gasteiger partial charge in [0.15, 0.2) is 5.75 Å². The Kier molecular flexibility index (Phi) is 5.11. The van der Waals surface area contributed by atoms with Gasteiger partial charge in [-0.3, -0.25) is 10.1 Å². The summed E-state index contributed by atoms with van der Waals surface area (Å²) in [6, 6.07) is 5.50. The third-order valence-electron chi connectivity index (χ3n) is 3.56. The zero-order valence-electron chi connectivity index (χ0n) is 11.8. The number of rotatable bonds is 6. The summed E-state index contributed by atoms with van der Waals surface area (Å²) in [4.78, 5) is 10.9. The van der Waals surface area contributed by atoms with Crippen LogP contribution in [0.1, 0.15) is 26.2 Å². The maximum absolute atomic E-state index is 11.3. The van der Waals surface area contributed by atoms with Crippen molar-refractivity contribution in [2.24, 2.45) is 0 Å². The fourth-order valence-corrected chi connectivity index (χ4v) is 3.40. The van der Waals surface area contributed by atoms with Gasteiger partial charge in [-0.2, -0.15) is 11.8 Å². The minimum Gasteiger partial charge on any atom is -0.487 e. The van der Waals surface area contributed by atoms with Crippen LogP contribution in [-0.2, 0) is 0 Å². The fourth-order valence-electron chi connectivity index (χ4n) is 2.60. The molecule has 1 fully saturated rings. The van der Waals surface area contributed by atoms with Crippen LogP contribution in [0.2, 0.25) is 0 Å². The van der Waals surface area contributed by atoms with Crippen LogP contribution < -0.4 is 10.1 Å². The lowest BCUT2D eigenvalue weighted by Crippen LogP contribution is -2.17. The van der Waals surface area contributed by atoms with Gasteiger partial charge in [0.25, 0.3) is 0 Å². The number of nitro groups is 1. The number of ether oxygens (including phenoxy) is 1. The average molecular weight is 296 g/mol. The molecule has 2 unspecified atom stereocenters. The van der Waals surface area contributed by atoms with Gasteiger partial charge in [0.05, 0.1) is 11.5 Å². The van der Waals surface area contributed by atoms with E-state index in [0.29, 0.717) is 29.3 Å². The summed E-state index contributed by atoms with van der Waals surface area (Å²) < 4.78 is 5.36. The maximum Gasteiger partial charge on any atom is 0.333 e. The highest BCUT2D eigenvalue weighted by Gasteiger charge is 2.27. The Labute approximate surface area is 123 Å². The van der Waals surface area contributed by atoms with E-state index in [1.807, 2.05) is 18.7 Å². The molecule has 0 amide bonds. The molecule has 20 heavy (non-hydrogen) atoms. The van der Waals surface area contributed by atoms with Crippen molar-refractivity contribution in [1.82, 2.24) is 0 Å². The molecule has 1 aromatic rings. The predicted molar refractivity (Wildman–Crippen MR) is 82.8 cm³/mol. The molecule has 0 bridgehead atoms. The zero-order chi connectivity index (χ0) is 14.5. The molecule has 0 radical (unpaired) electrons. The molecule has 2 atom stereocenters. The summed E-state index contributed by atoms with van der Waals surface area (Å²) in [5.41, 5.74) is 0.606. The van der Waals surface area contributed by atoms with Gasteiger partial charge in [-0.1, -0.05) is 6.07 Å². The third kappa shape index (κ3) is 3.36. The number of nitrogens with one attached hydrogen (secondary N) is 1. The molecule has 0 aromatic heterocycles. The van der Waals surface area contributed by atoms with Crippen LogP contribution >= 0.6 is 11.8 Å². The number of nitrogens with zero attached hydrogens (tertiary/aromatic N) is 1. The maximum atomic E-state index is 11.3. The summed E-state index contributed by atoms with van der Waals surface area (Å²) in [5.74, 6) is 0.335. The van der Waals surface area contributed by atoms with E-state index in [2.05, 4.69) is 11.6 Å². The smallest absolute Gasteiger partial charge is 0.333 e.